The predicted octanol–water partition coefficient (Wildman–Crippen LogP) is 4.64. The number of aromatic nitrogens is 1. The van der Waals surface area contributed by atoms with E-state index in [0.717, 1.165) is 34.9 Å². The molecule has 0 bridgehead atoms. The molecule has 2 N–H and O–H groups in total. The summed E-state index contributed by atoms with van der Waals surface area (Å²) in [4.78, 5) is 18.0. The molecule has 2 amide bonds. The lowest BCUT2D eigenvalue weighted by Gasteiger charge is -2.15. The summed E-state index contributed by atoms with van der Waals surface area (Å²) in [6, 6.07) is 16.2. The smallest absolute Gasteiger partial charge is 0.315 e. The molecule has 2 aromatic carbocycles. The number of nitrogens with one attached hydrogen (secondary N) is 2. The number of carbonyl (C=O) groups is 1. The van der Waals surface area contributed by atoms with Crippen molar-refractivity contribution in [3.8, 4) is 0 Å². The zero-order valence-electron chi connectivity index (χ0n) is 16.1. The van der Waals surface area contributed by atoms with E-state index in [2.05, 4.69) is 45.9 Å². The van der Waals surface area contributed by atoms with Gasteiger partial charge < -0.3 is 15.4 Å². The van der Waals surface area contributed by atoms with Gasteiger partial charge in [0.05, 0.1) is 27.9 Å². The third-order valence-corrected chi connectivity index (χ3v) is 6.32. The van der Waals surface area contributed by atoms with Crippen LogP contribution in [0.15, 0.2) is 53.4 Å². The Morgan fingerprint density at radius 1 is 1.21 bits per heavy atom. The predicted molar refractivity (Wildman–Crippen MR) is 117 cm³/mol. The number of amides is 2. The molecule has 0 saturated carbocycles. The molecule has 3 rings (SSSR count). The first-order valence-corrected chi connectivity index (χ1v) is 11.1. The molecule has 1 aromatic heterocycles. The highest BCUT2D eigenvalue weighted by atomic mass is 32.2. The first-order chi connectivity index (χ1) is 13.7. The molecule has 1 heterocycles. The molecule has 0 fully saturated rings. The Hall–Kier alpha value is -2.09. The Balaban J connectivity index is 1.42. The van der Waals surface area contributed by atoms with Crippen LogP contribution in [0.3, 0.4) is 0 Å². The summed E-state index contributed by atoms with van der Waals surface area (Å²) < 4.78 is 6.25. The molecule has 0 aliphatic carbocycles. The molecule has 0 saturated heterocycles. The van der Waals surface area contributed by atoms with Gasteiger partial charge in [0, 0.05) is 30.7 Å². The van der Waals surface area contributed by atoms with Crippen LogP contribution in [0.5, 0.6) is 0 Å². The largest absolute Gasteiger partial charge is 0.384 e. The number of nitrogens with zero attached hydrogens (tertiary/aromatic N) is 1. The summed E-state index contributed by atoms with van der Waals surface area (Å²) in [5, 5.41) is 6.95. The van der Waals surface area contributed by atoms with Gasteiger partial charge in [-0.05, 0) is 36.8 Å². The molecular formula is C21H25N3O2S2. The van der Waals surface area contributed by atoms with Gasteiger partial charge >= 0.3 is 6.03 Å². The van der Waals surface area contributed by atoms with Gasteiger partial charge in [0.25, 0.3) is 0 Å². The van der Waals surface area contributed by atoms with Crippen LogP contribution in [0.25, 0.3) is 10.2 Å². The van der Waals surface area contributed by atoms with Crippen molar-refractivity contribution in [1.82, 2.24) is 15.6 Å². The molecular weight excluding hydrogens is 390 g/mol. The quantitative estimate of drug-likeness (QED) is 0.395. The molecule has 3 aromatic rings. The van der Waals surface area contributed by atoms with Crippen molar-refractivity contribution in [3.05, 3.63) is 59.1 Å². The summed E-state index contributed by atoms with van der Waals surface area (Å²) in [5.41, 5.74) is 2.10. The van der Waals surface area contributed by atoms with Gasteiger partial charge in [-0.2, -0.15) is 0 Å². The number of fused-ring (bicyclic) bond motifs is 1. The molecule has 5 nitrogen and oxygen atoms in total. The van der Waals surface area contributed by atoms with E-state index in [-0.39, 0.29) is 12.1 Å². The molecule has 1 unspecified atom stereocenters. The van der Waals surface area contributed by atoms with Crippen LogP contribution >= 0.6 is 23.1 Å². The summed E-state index contributed by atoms with van der Waals surface area (Å²) in [5.74, 6) is 0.931. The number of ether oxygens (including phenoxy) is 1. The number of urea groups is 1. The second kappa shape index (κ2) is 10.5. The summed E-state index contributed by atoms with van der Waals surface area (Å²) >= 11 is 3.44. The highest BCUT2D eigenvalue weighted by Crippen LogP contribution is 2.22. The van der Waals surface area contributed by atoms with Crippen LogP contribution in [0.4, 0.5) is 4.79 Å². The number of methoxy groups -OCH3 is 1. The van der Waals surface area contributed by atoms with E-state index >= 15 is 0 Å². The van der Waals surface area contributed by atoms with Crippen LogP contribution < -0.4 is 10.6 Å². The number of hydrogen-bond donors (Lipinski definition) is 2. The lowest BCUT2D eigenvalue weighted by molar-refractivity contribution is 0.218. The van der Waals surface area contributed by atoms with Crippen molar-refractivity contribution in [2.45, 2.75) is 24.3 Å². The molecule has 1 atom stereocenters. The van der Waals surface area contributed by atoms with Crippen LogP contribution in [0.1, 0.15) is 23.5 Å². The lowest BCUT2D eigenvalue weighted by atomic mass is 10.1. The maximum absolute atomic E-state index is 12.2. The van der Waals surface area contributed by atoms with Crippen LogP contribution in [0.2, 0.25) is 0 Å². The highest BCUT2D eigenvalue weighted by molar-refractivity contribution is 7.99. The van der Waals surface area contributed by atoms with Crippen LogP contribution in [-0.2, 0) is 11.2 Å². The number of rotatable bonds is 9. The lowest BCUT2D eigenvalue weighted by Crippen LogP contribution is -2.38. The van der Waals surface area contributed by atoms with E-state index in [1.54, 1.807) is 30.2 Å². The van der Waals surface area contributed by atoms with Gasteiger partial charge in [0.2, 0.25) is 0 Å². The minimum Gasteiger partial charge on any atom is -0.384 e. The minimum atomic E-state index is -0.160. The van der Waals surface area contributed by atoms with Crippen molar-refractivity contribution in [2.24, 2.45) is 0 Å². The molecule has 0 aliphatic rings. The van der Waals surface area contributed by atoms with Crippen molar-refractivity contribution in [1.29, 1.82) is 0 Å². The number of carbonyl (C=O) groups excluding carboxylic acids is 1. The fourth-order valence-corrected chi connectivity index (χ4v) is 4.52. The molecule has 0 spiro atoms. The molecule has 7 heteroatoms. The van der Waals surface area contributed by atoms with Crippen molar-refractivity contribution in [3.63, 3.8) is 0 Å². The molecule has 148 valence electrons. The van der Waals surface area contributed by atoms with Gasteiger partial charge in [-0.25, -0.2) is 9.78 Å². The number of hydrogen-bond acceptors (Lipinski definition) is 5. The first-order valence-electron chi connectivity index (χ1n) is 9.26. The van der Waals surface area contributed by atoms with E-state index in [1.807, 2.05) is 25.1 Å². The van der Waals surface area contributed by atoms with Crippen LogP contribution in [-0.4, -0.2) is 37.0 Å². The Bertz CT molecular complexity index is 863. The van der Waals surface area contributed by atoms with E-state index in [4.69, 9.17) is 4.74 Å². The Morgan fingerprint density at radius 2 is 2.00 bits per heavy atom. The van der Waals surface area contributed by atoms with Gasteiger partial charge in [0.15, 0.2) is 0 Å². The highest BCUT2D eigenvalue weighted by Gasteiger charge is 2.10. The third kappa shape index (κ3) is 5.95. The van der Waals surface area contributed by atoms with E-state index < -0.39 is 0 Å². The maximum Gasteiger partial charge on any atom is 0.315 e. The van der Waals surface area contributed by atoms with E-state index in [0.29, 0.717) is 6.54 Å². The number of thioether (sulfide) groups is 1. The SMILES string of the molecule is COCCSc1ccc(C(C)NC(=O)NCCc2nc3ccccc3s2)cc1. The fraction of sp³-hybridized carbons (Fsp3) is 0.333. The van der Waals surface area contributed by atoms with E-state index in [9.17, 15) is 4.79 Å². The first kappa shape index (κ1) is 20.6. The topological polar surface area (TPSA) is 63.2 Å². The summed E-state index contributed by atoms with van der Waals surface area (Å²) in [6.07, 6.45) is 0.731. The van der Waals surface area contributed by atoms with Gasteiger partial charge in [-0.3, -0.25) is 0 Å². The summed E-state index contributed by atoms with van der Waals surface area (Å²) in [6.45, 7) is 3.29. The van der Waals surface area contributed by atoms with Crippen molar-refractivity contribution < 1.29 is 9.53 Å². The average molecular weight is 416 g/mol. The van der Waals surface area contributed by atoms with E-state index in [1.165, 1.54) is 9.60 Å². The van der Waals surface area contributed by atoms with Gasteiger partial charge in [0.1, 0.15) is 0 Å². The monoisotopic (exact) mass is 415 g/mol. The third-order valence-electron chi connectivity index (χ3n) is 4.25. The maximum atomic E-state index is 12.2. The molecule has 28 heavy (non-hydrogen) atoms. The molecule has 0 radical (unpaired) electrons. The second-order valence-corrected chi connectivity index (χ2v) is 8.64. The minimum absolute atomic E-state index is 0.0551. The van der Waals surface area contributed by atoms with Crippen molar-refractivity contribution in [2.75, 3.05) is 26.0 Å². The number of para-hydroxylation sites is 1. The Kier molecular flexibility index (Phi) is 7.71. The van der Waals surface area contributed by atoms with Crippen molar-refractivity contribution >= 4 is 39.3 Å². The Morgan fingerprint density at radius 3 is 2.75 bits per heavy atom. The fourth-order valence-electron chi connectivity index (χ4n) is 2.74. The molecule has 0 aliphatic heterocycles. The second-order valence-electron chi connectivity index (χ2n) is 6.36. The van der Waals surface area contributed by atoms with Crippen LogP contribution in [0, 0.1) is 0 Å². The number of benzene rings is 2. The zero-order valence-corrected chi connectivity index (χ0v) is 17.7. The average Bonchev–Trinajstić information content (AvgIpc) is 3.11. The normalized spacial score (nSPS) is 12.1. The standard InChI is InChI=1S/C21H25N3O2S2/c1-15(16-7-9-17(10-8-16)27-14-13-26-2)23-21(25)22-12-11-20-24-18-5-3-4-6-19(18)28-20/h3-10,15H,11-14H2,1-2H3,(H2,22,23,25). The van der Waals surface area contributed by atoms with Gasteiger partial charge in [-0.1, -0.05) is 24.3 Å². The summed E-state index contributed by atoms with van der Waals surface area (Å²) in [7, 11) is 1.71. The number of thiazole rings is 1. The Labute approximate surface area is 173 Å². The zero-order chi connectivity index (χ0) is 19.8. The van der Waals surface area contributed by atoms with Gasteiger partial charge in [-0.15, -0.1) is 23.1 Å².